The van der Waals surface area contributed by atoms with Crippen LogP contribution in [0.4, 0.5) is 19.0 Å². The zero-order chi connectivity index (χ0) is 16.8. The summed E-state index contributed by atoms with van der Waals surface area (Å²) in [6, 6.07) is 1.75. The fraction of sp³-hybridized carbons (Fsp3) is 0.688. The van der Waals surface area contributed by atoms with Crippen molar-refractivity contribution >= 4 is 5.82 Å². The maximum atomic E-state index is 12.9. The van der Waals surface area contributed by atoms with E-state index in [9.17, 15) is 13.2 Å². The van der Waals surface area contributed by atoms with E-state index < -0.39 is 11.7 Å². The standard InChI is InChI=1S/C16H22F3N3O/c1-10(2)21-4-5-22-13(9-21)6-11(3)23-14-7-12(16(17,18)19)8-20-15(14)22/h7-8,10-11,13H,4-6,9H2,1-3H3/t11-,13+/m0/s1. The molecule has 1 aromatic heterocycles. The molecule has 2 aliphatic rings. The molecule has 0 aromatic carbocycles. The van der Waals surface area contributed by atoms with E-state index in [-0.39, 0.29) is 17.9 Å². The third-order valence-corrected chi connectivity index (χ3v) is 4.61. The molecule has 0 saturated carbocycles. The van der Waals surface area contributed by atoms with Crippen molar-refractivity contribution in [2.45, 2.75) is 51.6 Å². The number of alkyl halides is 3. The number of aromatic nitrogens is 1. The molecule has 3 rings (SSSR count). The van der Waals surface area contributed by atoms with Gasteiger partial charge in [0.2, 0.25) is 0 Å². The van der Waals surface area contributed by atoms with Gasteiger partial charge >= 0.3 is 6.18 Å². The fourth-order valence-electron chi connectivity index (χ4n) is 3.37. The van der Waals surface area contributed by atoms with Crippen LogP contribution in [0, 0.1) is 0 Å². The van der Waals surface area contributed by atoms with Crippen LogP contribution in [0.5, 0.6) is 5.75 Å². The summed E-state index contributed by atoms with van der Waals surface area (Å²) in [4.78, 5) is 8.60. The molecule has 1 fully saturated rings. The monoisotopic (exact) mass is 329 g/mol. The lowest BCUT2D eigenvalue weighted by Crippen LogP contribution is -2.55. The summed E-state index contributed by atoms with van der Waals surface area (Å²) in [5.41, 5.74) is -0.761. The molecule has 2 aliphatic heterocycles. The predicted molar refractivity (Wildman–Crippen MR) is 81.8 cm³/mol. The molecule has 128 valence electrons. The molecule has 3 heterocycles. The van der Waals surface area contributed by atoms with Gasteiger partial charge in [0.05, 0.1) is 11.7 Å². The van der Waals surface area contributed by atoms with Crippen LogP contribution < -0.4 is 9.64 Å². The number of anilines is 1. The molecule has 0 unspecified atom stereocenters. The van der Waals surface area contributed by atoms with Crippen molar-refractivity contribution in [2.24, 2.45) is 0 Å². The second-order valence-corrected chi connectivity index (χ2v) is 6.64. The van der Waals surface area contributed by atoms with Crippen molar-refractivity contribution in [3.63, 3.8) is 0 Å². The number of fused-ring (bicyclic) bond motifs is 3. The van der Waals surface area contributed by atoms with Crippen molar-refractivity contribution in [3.05, 3.63) is 17.8 Å². The number of halogens is 3. The summed E-state index contributed by atoms with van der Waals surface area (Å²) in [7, 11) is 0. The minimum Gasteiger partial charge on any atom is -0.487 e. The molecule has 4 nitrogen and oxygen atoms in total. The van der Waals surface area contributed by atoms with Crippen LogP contribution in [-0.4, -0.2) is 47.7 Å². The highest BCUT2D eigenvalue weighted by Gasteiger charge is 2.37. The molecule has 1 saturated heterocycles. The van der Waals surface area contributed by atoms with Gasteiger partial charge in [0.25, 0.3) is 0 Å². The lowest BCUT2D eigenvalue weighted by Gasteiger charge is -2.43. The highest BCUT2D eigenvalue weighted by atomic mass is 19.4. The minimum absolute atomic E-state index is 0.138. The predicted octanol–water partition coefficient (Wildman–Crippen LogP) is 3.17. The maximum absolute atomic E-state index is 12.9. The van der Waals surface area contributed by atoms with Gasteiger partial charge in [-0.1, -0.05) is 0 Å². The third kappa shape index (κ3) is 3.24. The molecule has 23 heavy (non-hydrogen) atoms. The van der Waals surface area contributed by atoms with E-state index in [0.29, 0.717) is 11.9 Å². The lowest BCUT2D eigenvalue weighted by atomic mass is 10.0. The van der Waals surface area contributed by atoms with Crippen molar-refractivity contribution in [2.75, 3.05) is 24.5 Å². The van der Waals surface area contributed by atoms with Crippen molar-refractivity contribution in [3.8, 4) is 5.75 Å². The highest BCUT2D eigenvalue weighted by Crippen LogP contribution is 2.39. The largest absolute Gasteiger partial charge is 0.487 e. The summed E-state index contributed by atoms with van der Waals surface area (Å²) in [6.45, 7) is 8.74. The zero-order valence-electron chi connectivity index (χ0n) is 13.6. The number of piperazine rings is 1. The molecular formula is C16H22F3N3O. The van der Waals surface area contributed by atoms with Gasteiger partial charge in [0.1, 0.15) is 0 Å². The van der Waals surface area contributed by atoms with Gasteiger partial charge in [-0.2, -0.15) is 13.2 Å². The van der Waals surface area contributed by atoms with E-state index >= 15 is 0 Å². The number of hydrogen-bond donors (Lipinski definition) is 0. The van der Waals surface area contributed by atoms with Gasteiger partial charge in [0, 0.05) is 44.3 Å². The van der Waals surface area contributed by atoms with E-state index in [1.807, 2.05) is 6.92 Å². The van der Waals surface area contributed by atoms with Crippen LogP contribution >= 0.6 is 0 Å². The Morgan fingerprint density at radius 1 is 1.30 bits per heavy atom. The van der Waals surface area contributed by atoms with E-state index in [1.54, 1.807) is 0 Å². The van der Waals surface area contributed by atoms with Crippen LogP contribution in [0.15, 0.2) is 12.3 Å². The molecule has 0 amide bonds. The van der Waals surface area contributed by atoms with E-state index in [0.717, 1.165) is 38.3 Å². The zero-order valence-corrected chi connectivity index (χ0v) is 13.6. The fourth-order valence-corrected chi connectivity index (χ4v) is 3.37. The van der Waals surface area contributed by atoms with Crippen LogP contribution in [0.25, 0.3) is 0 Å². The first-order valence-electron chi connectivity index (χ1n) is 8.00. The van der Waals surface area contributed by atoms with Gasteiger partial charge < -0.3 is 9.64 Å². The Labute approximate surface area is 134 Å². The van der Waals surface area contributed by atoms with Crippen molar-refractivity contribution in [1.29, 1.82) is 0 Å². The number of ether oxygens (including phenoxy) is 1. The molecule has 0 bridgehead atoms. The Kier molecular flexibility index (Phi) is 4.16. The summed E-state index contributed by atoms with van der Waals surface area (Å²) in [6.07, 6.45) is -2.86. The van der Waals surface area contributed by atoms with Crippen LogP contribution in [0.3, 0.4) is 0 Å². The topological polar surface area (TPSA) is 28.6 Å². The maximum Gasteiger partial charge on any atom is 0.418 e. The molecule has 0 spiro atoms. The van der Waals surface area contributed by atoms with E-state index in [1.165, 1.54) is 0 Å². The average molecular weight is 329 g/mol. The molecule has 7 heteroatoms. The third-order valence-electron chi connectivity index (χ3n) is 4.61. The Morgan fingerprint density at radius 2 is 2.04 bits per heavy atom. The summed E-state index contributed by atoms with van der Waals surface area (Å²) < 4.78 is 44.5. The van der Waals surface area contributed by atoms with Gasteiger partial charge in [0.15, 0.2) is 11.6 Å². The molecule has 0 N–H and O–H groups in total. The number of nitrogens with zero attached hydrogens (tertiary/aromatic N) is 3. The van der Waals surface area contributed by atoms with E-state index in [2.05, 4.69) is 28.6 Å². The first-order chi connectivity index (χ1) is 10.8. The summed E-state index contributed by atoms with van der Waals surface area (Å²) in [5.74, 6) is 0.781. The Morgan fingerprint density at radius 3 is 2.70 bits per heavy atom. The van der Waals surface area contributed by atoms with Crippen molar-refractivity contribution < 1.29 is 17.9 Å². The van der Waals surface area contributed by atoms with Gasteiger partial charge in [-0.3, -0.25) is 4.90 Å². The second-order valence-electron chi connectivity index (χ2n) is 6.64. The normalized spacial score (nSPS) is 25.6. The van der Waals surface area contributed by atoms with Crippen LogP contribution in [0.2, 0.25) is 0 Å². The number of rotatable bonds is 1. The SMILES string of the molecule is CC(C)N1CCN2c3ncc(C(F)(F)F)cc3O[C@@H](C)C[C@@H]2C1. The molecular weight excluding hydrogens is 307 g/mol. The second kappa shape index (κ2) is 5.85. The first kappa shape index (κ1) is 16.4. The quantitative estimate of drug-likeness (QED) is 0.791. The highest BCUT2D eigenvalue weighted by molar-refractivity contribution is 5.56. The smallest absolute Gasteiger partial charge is 0.418 e. The lowest BCUT2D eigenvalue weighted by molar-refractivity contribution is -0.137. The molecule has 0 aliphatic carbocycles. The Hall–Kier alpha value is -1.50. The van der Waals surface area contributed by atoms with Crippen molar-refractivity contribution in [1.82, 2.24) is 9.88 Å². The van der Waals surface area contributed by atoms with Gasteiger partial charge in [-0.05, 0) is 26.8 Å². The molecule has 2 atom stereocenters. The Balaban J connectivity index is 1.94. The molecule has 1 aromatic rings. The Bertz CT molecular complexity index is 576. The summed E-state index contributed by atoms with van der Waals surface area (Å²) in [5, 5.41) is 0. The first-order valence-corrected chi connectivity index (χ1v) is 8.00. The summed E-state index contributed by atoms with van der Waals surface area (Å²) >= 11 is 0. The average Bonchev–Trinajstić information content (AvgIpc) is 2.59. The van der Waals surface area contributed by atoms with Crippen LogP contribution in [0.1, 0.15) is 32.8 Å². The van der Waals surface area contributed by atoms with Gasteiger partial charge in [-0.15, -0.1) is 0 Å². The van der Waals surface area contributed by atoms with Gasteiger partial charge in [-0.25, -0.2) is 4.98 Å². The number of hydrogen-bond acceptors (Lipinski definition) is 4. The van der Waals surface area contributed by atoms with Crippen LogP contribution in [-0.2, 0) is 6.18 Å². The number of pyridine rings is 1. The minimum atomic E-state index is -4.41. The van der Waals surface area contributed by atoms with E-state index in [4.69, 9.17) is 4.74 Å². The molecule has 0 radical (unpaired) electrons.